The first-order chi connectivity index (χ1) is 13.6. The van der Waals surface area contributed by atoms with Crippen LogP contribution in [0, 0.1) is 6.92 Å². The molecule has 144 valence electrons. The molecule has 0 fully saturated rings. The van der Waals surface area contributed by atoms with Crippen molar-refractivity contribution in [3.8, 4) is 0 Å². The molecule has 1 N–H and O–H groups in total. The average Bonchev–Trinajstić information content (AvgIpc) is 2.72. The van der Waals surface area contributed by atoms with Crippen molar-refractivity contribution in [3.05, 3.63) is 83.8 Å². The van der Waals surface area contributed by atoms with Gasteiger partial charge in [0.15, 0.2) is 0 Å². The molecule has 0 radical (unpaired) electrons. The highest BCUT2D eigenvalue weighted by Crippen LogP contribution is 2.26. The highest BCUT2D eigenvalue weighted by atomic mass is 16.1. The molecule has 3 rings (SSSR count). The number of amides is 1. The van der Waals surface area contributed by atoms with E-state index in [1.807, 2.05) is 69.3 Å². The maximum absolute atomic E-state index is 12.6. The molecule has 1 unspecified atom stereocenters. The van der Waals surface area contributed by atoms with Crippen LogP contribution in [0.3, 0.4) is 0 Å². The van der Waals surface area contributed by atoms with Crippen LogP contribution >= 0.6 is 0 Å². The van der Waals surface area contributed by atoms with Gasteiger partial charge >= 0.3 is 0 Å². The van der Waals surface area contributed by atoms with Crippen LogP contribution in [0.4, 0.5) is 11.5 Å². The lowest BCUT2D eigenvalue weighted by Gasteiger charge is -2.25. The van der Waals surface area contributed by atoms with E-state index >= 15 is 0 Å². The number of aromatic nitrogens is 2. The summed E-state index contributed by atoms with van der Waals surface area (Å²) in [5.41, 5.74) is 2.56. The SMILES string of the molecule is CCC(C)NC(=O)c1cc(N(Cc2ccccc2)c2ccccc2)nc(C)n1. The summed E-state index contributed by atoms with van der Waals surface area (Å²) in [6, 6.07) is 22.1. The summed E-state index contributed by atoms with van der Waals surface area (Å²) in [6.07, 6.45) is 0.868. The summed E-state index contributed by atoms with van der Waals surface area (Å²) in [5.74, 6) is 1.10. The number of nitrogens with zero attached hydrogens (tertiary/aromatic N) is 3. The molecule has 0 saturated heterocycles. The largest absolute Gasteiger partial charge is 0.348 e. The first-order valence-corrected chi connectivity index (χ1v) is 9.60. The van der Waals surface area contributed by atoms with E-state index in [9.17, 15) is 4.79 Å². The summed E-state index contributed by atoms with van der Waals surface area (Å²) in [5, 5.41) is 2.98. The van der Waals surface area contributed by atoms with Gasteiger partial charge in [0.05, 0.1) is 0 Å². The fraction of sp³-hybridized carbons (Fsp3) is 0.261. The van der Waals surface area contributed by atoms with Crippen molar-refractivity contribution >= 4 is 17.4 Å². The first-order valence-electron chi connectivity index (χ1n) is 9.60. The Labute approximate surface area is 166 Å². The minimum Gasteiger partial charge on any atom is -0.348 e. The average molecular weight is 374 g/mol. The lowest BCUT2D eigenvalue weighted by molar-refractivity contribution is 0.0934. The number of carbonyl (C=O) groups excluding carboxylic acids is 1. The third-order valence-corrected chi connectivity index (χ3v) is 4.57. The summed E-state index contributed by atoms with van der Waals surface area (Å²) in [4.78, 5) is 23.7. The second-order valence-corrected chi connectivity index (χ2v) is 6.85. The van der Waals surface area contributed by atoms with E-state index in [1.165, 1.54) is 0 Å². The van der Waals surface area contributed by atoms with Gasteiger partial charge in [-0.15, -0.1) is 0 Å². The number of para-hydroxylation sites is 1. The van der Waals surface area contributed by atoms with Gasteiger partial charge in [0.2, 0.25) is 0 Å². The summed E-state index contributed by atoms with van der Waals surface area (Å²) in [7, 11) is 0. The zero-order valence-corrected chi connectivity index (χ0v) is 16.6. The molecule has 2 aromatic carbocycles. The molecule has 0 bridgehead atoms. The van der Waals surface area contributed by atoms with E-state index in [0.29, 0.717) is 23.9 Å². The molecule has 1 amide bonds. The zero-order valence-electron chi connectivity index (χ0n) is 16.6. The van der Waals surface area contributed by atoms with Crippen LogP contribution in [0.15, 0.2) is 66.7 Å². The van der Waals surface area contributed by atoms with Gasteiger partial charge in [0.1, 0.15) is 17.3 Å². The van der Waals surface area contributed by atoms with Gasteiger partial charge in [-0.2, -0.15) is 0 Å². The first kappa shape index (κ1) is 19.5. The number of anilines is 2. The molecule has 0 aliphatic rings. The molecule has 0 aliphatic carbocycles. The van der Waals surface area contributed by atoms with Crippen molar-refractivity contribution in [2.45, 2.75) is 39.8 Å². The van der Waals surface area contributed by atoms with Crippen LogP contribution < -0.4 is 10.2 Å². The van der Waals surface area contributed by atoms with Gasteiger partial charge < -0.3 is 10.2 Å². The van der Waals surface area contributed by atoms with Gasteiger partial charge in [0, 0.05) is 24.3 Å². The molecule has 0 spiro atoms. The summed E-state index contributed by atoms with van der Waals surface area (Å²) in [6.45, 7) is 6.49. The molecule has 0 saturated carbocycles. The number of aryl methyl sites for hydroxylation is 1. The molecular weight excluding hydrogens is 348 g/mol. The zero-order chi connectivity index (χ0) is 19.9. The Morgan fingerprint density at radius 2 is 1.68 bits per heavy atom. The van der Waals surface area contributed by atoms with Crippen molar-refractivity contribution in [2.75, 3.05) is 4.90 Å². The van der Waals surface area contributed by atoms with Crippen LogP contribution in [0.2, 0.25) is 0 Å². The molecule has 3 aromatic rings. The maximum atomic E-state index is 12.6. The molecule has 1 aromatic heterocycles. The third-order valence-electron chi connectivity index (χ3n) is 4.57. The minimum absolute atomic E-state index is 0.0979. The minimum atomic E-state index is -0.172. The third kappa shape index (κ3) is 4.94. The van der Waals surface area contributed by atoms with Gasteiger partial charge in [-0.3, -0.25) is 4.79 Å². The Morgan fingerprint density at radius 3 is 2.32 bits per heavy atom. The number of rotatable bonds is 7. The van der Waals surface area contributed by atoms with E-state index in [0.717, 1.165) is 17.7 Å². The lowest BCUT2D eigenvalue weighted by Crippen LogP contribution is -2.33. The summed E-state index contributed by atoms with van der Waals surface area (Å²) < 4.78 is 0. The fourth-order valence-electron chi connectivity index (χ4n) is 2.88. The Balaban J connectivity index is 1.99. The van der Waals surface area contributed by atoms with Crippen molar-refractivity contribution < 1.29 is 4.79 Å². The van der Waals surface area contributed by atoms with Crippen LogP contribution in [-0.4, -0.2) is 21.9 Å². The highest BCUT2D eigenvalue weighted by molar-refractivity contribution is 5.93. The maximum Gasteiger partial charge on any atom is 0.270 e. The number of hydrogen-bond donors (Lipinski definition) is 1. The van der Waals surface area contributed by atoms with E-state index in [-0.39, 0.29) is 11.9 Å². The van der Waals surface area contributed by atoms with E-state index < -0.39 is 0 Å². The molecular formula is C23H26N4O. The topological polar surface area (TPSA) is 58.1 Å². The summed E-state index contributed by atoms with van der Waals surface area (Å²) >= 11 is 0. The van der Waals surface area contributed by atoms with Crippen LogP contribution in [0.5, 0.6) is 0 Å². The Morgan fingerprint density at radius 1 is 1.04 bits per heavy atom. The monoisotopic (exact) mass is 374 g/mol. The lowest BCUT2D eigenvalue weighted by atomic mass is 10.2. The van der Waals surface area contributed by atoms with Crippen LogP contribution in [-0.2, 0) is 6.54 Å². The fourth-order valence-corrected chi connectivity index (χ4v) is 2.88. The van der Waals surface area contributed by atoms with E-state index in [2.05, 4.69) is 32.3 Å². The van der Waals surface area contributed by atoms with E-state index in [1.54, 1.807) is 6.07 Å². The Hall–Kier alpha value is -3.21. The highest BCUT2D eigenvalue weighted by Gasteiger charge is 2.17. The molecule has 28 heavy (non-hydrogen) atoms. The Kier molecular flexibility index (Phi) is 6.37. The van der Waals surface area contributed by atoms with Gasteiger partial charge in [0.25, 0.3) is 5.91 Å². The van der Waals surface area contributed by atoms with Gasteiger partial charge in [-0.1, -0.05) is 55.5 Å². The predicted octanol–water partition coefficient (Wildman–Crippen LogP) is 4.65. The molecule has 5 heteroatoms. The normalized spacial score (nSPS) is 11.7. The molecule has 0 aliphatic heterocycles. The quantitative estimate of drug-likeness (QED) is 0.654. The standard InChI is InChI=1S/C23H26N4O/c1-4-17(2)24-23(28)21-15-22(26-18(3)25-21)27(20-13-9-6-10-14-20)16-19-11-7-5-8-12-19/h5-15,17H,4,16H2,1-3H3,(H,24,28). The second kappa shape index (κ2) is 9.13. The van der Waals surface area contributed by atoms with Gasteiger partial charge in [-0.05, 0) is 38.0 Å². The van der Waals surface area contributed by atoms with Gasteiger partial charge in [-0.25, -0.2) is 9.97 Å². The van der Waals surface area contributed by atoms with Crippen LogP contribution in [0.1, 0.15) is 42.1 Å². The molecule has 1 heterocycles. The van der Waals surface area contributed by atoms with E-state index in [4.69, 9.17) is 0 Å². The smallest absolute Gasteiger partial charge is 0.270 e. The van der Waals surface area contributed by atoms with Crippen molar-refractivity contribution in [3.63, 3.8) is 0 Å². The van der Waals surface area contributed by atoms with Crippen molar-refractivity contribution in [1.29, 1.82) is 0 Å². The molecule has 5 nitrogen and oxygen atoms in total. The second-order valence-electron chi connectivity index (χ2n) is 6.85. The number of carbonyl (C=O) groups is 1. The number of nitrogens with one attached hydrogen (secondary N) is 1. The molecule has 1 atom stereocenters. The van der Waals surface area contributed by atoms with Crippen molar-refractivity contribution in [1.82, 2.24) is 15.3 Å². The van der Waals surface area contributed by atoms with Crippen molar-refractivity contribution in [2.24, 2.45) is 0 Å². The Bertz CT molecular complexity index is 912. The van der Waals surface area contributed by atoms with Crippen LogP contribution in [0.25, 0.3) is 0 Å². The number of benzene rings is 2. The predicted molar refractivity (Wildman–Crippen MR) is 113 cm³/mol. The number of hydrogen-bond acceptors (Lipinski definition) is 4.